The van der Waals surface area contributed by atoms with E-state index < -0.39 is 6.10 Å². The Bertz CT molecular complexity index is 526. The SMILES string of the molecule is CCOC(=O)c1ccc(NC(=O)C2CCCCO2)c(Br)c1. The molecule has 2 rings (SSSR count). The number of ether oxygens (including phenoxy) is 2. The van der Waals surface area contributed by atoms with Gasteiger partial charge in [0.15, 0.2) is 0 Å². The van der Waals surface area contributed by atoms with Gasteiger partial charge in [-0.1, -0.05) is 0 Å². The van der Waals surface area contributed by atoms with Crippen molar-refractivity contribution in [3.63, 3.8) is 0 Å². The van der Waals surface area contributed by atoms with Crippen LogP contribution in [0.4, 0.5) is 5.69 Å². The number of nitrogens with one attached hydrogen (secondary N) is 1. The molecule has 0 spiro atoms. The van der Waals surface area contributed by atoms with Gasteiger partial charge in [-0.3, -0.25) is 4.79 Å². The van der Waals surface area contributed by atoms with Gasteiger partial charge in [0.2, 0.25) is 0 Å². The van der Waals surface area contributed by atoms with Gasteiger partial charge in [-0.15, -0.1) is 0 Å². The number of benzene rings is 1. The van der Waals surface area contributed by atoms with E-state index >= 15 is 0 Å². The van der Waals surface area contributed by atoms with E-state index in [0.717, 1.165) is 19.3 Å². The second-order valence-electron chi connectivity index (χ2n) is 4.76. The molecule has 1 atom stereocenters. The van der Waals surface area contributed by atoms with Crippen molar-refractivity contribution in [2.75, 3.05) is 18.5 Å². The third-order valence-electron chi connectivity index (χ3n) is 3.21. The lowest BCUT2D eigenvalue weighted by molar-refractivity contribution is -0.129. The van der Waals surface area contributed by atoms with Crippen LogP contribution in [0.15, 0.2) is 22.7 Å². The molecule has 1 unspecified atom stereocenters. The zero-order valence-corrected chi connectivity index (χ0v) is 13.4. The van der Waals surface area contributed by atoms with Gasteiger partial charge in [-0.25, -0.2) is 4.79 Å². The van der Waals surface area contributed by atoms with Crippen LogP contribution in [0, 0.1) is 0 Å². The van der Waals surface area contributed by atoms with E-state index in [1.165, 1.54) is 0 Å². The Morgan fingerprint density at radius 2 is 2.24 bits per heavy atom. The Morgan fingerprint density at radius 3 is 2.86 bits per heavy atom. The van der Waals surface area contributed by atoms with E-state index in [1.807, 2.05) is 0 Å². The molecule has 21 heavy (non-hydrogen) atoms. The summed E-state index contributed by atoms with van der Waals surface area (Å²) in [5.74, 6) is -0.536. The highest BCUT2D eigenvalue weighted by Gasteiger charge is 2.22. The average Bonchev–Trinajstić information content (AvgIpc) is 2.50. The third-order valence-corrected chi connectivity index (χ3v) is 3.87. The van der Waals surface area contributed by atoms with Crippen molar-refractivity contribution in [3.05, 3.63) is 28.2 Å². The van der Waals surface area contributed by atoms with Gasteiger partial charge < -0.3 is 14.8 Å². The quantitative estimate of drug-likeness (QED) is 0.842. The summed E-state index contributed by atoms with van der Waals surface area (Å²) >= 11 is 3.36. The van der Waals surface area contributed by atoms with Crippen LogP contribution in [-0.4, -0.2) is 31.2 Å². The molecule has 1 aromatic rings. The van der Waals surface area contributed by atoms with Crippen LogP contribution in [0.1, 0.15) is 36.5 Å². The van der Waals surface area contributed by atoms with Crippen LogP contribution >= 0.6 is 15.9 Å². The maximum absolute atomic E-state index is 12.1. The summed E-state index contributed by atoms with van der Waals surface area (Å²) in [5, 5.41) is 2.82. The molecule has 1 fully saturated rings. The summed E-state index contributed by atoms with van der Waals surface area (Å²) in [4.78, 5) is 23.7. The van der Waals surface area contributed by atoms with Gasteiger partial charge in [0.05, 0.1) is 17.9 Å². The number of amides is 1. The topological polar surface area (TPSA) is 64.6 Å². The highest BCUT2D eigenvalue weighted by molar-refractivity contribution is 9.10. The van der Waals surface area contributed by atoms with Crippen molar-refractivity contribution in [2.24, 2.45) is 0 Å². The predicted octanol–water partition coefficient (Wildman–Crippen LogP) is 3.13. The fourth-order valence-corrected chi connectivity index (χ4v) is 2.60. The molecule has 1 N–H and O–H groups in total. The number of rotatable bonds is 4. The summed E-state index contributed by atoms with van der Waals surface area (Å²) in [5.41, 5.74) is 1.05. The lowest BCUT2D eigenvalue weighted by Gasteiger charge is -2.22. The number of carbonyl (C=O) groups excluding carboxylic acids is 2. The predicted molar refractivity (Wildman–Crippen MR) is 82.3 cm³/mol. The smallest absolute Gasteiger partial charge is 0.338 e. The maximum Gasteiger partial charge on any atom is 0.338 e. The molecule has 0 aromatic heterocycles. The number of halogens is 1. The molecule has 1 heterocycles. The minimum atomic E-state index is -0.393. The Kier molecular flexibility index (Phi) is 5.76. The van der Waals surface area contributed by atoms with E-state index in [2.05, 4.69) is 21.2 Å². The molecule has 0 saturated carbocycles. The van der Waals surface area contributed by atoms with Crippen LogP contribution in [0.25, 0.3) is 0 Å². The molecule has 1 aromatic carbocycles. The van der Waals surface area contributed by atoms with Crippen molar-refractivity contribution in [1.82, 2.24) is 0 Å². The molecular formula is C15H18BrNO4. The first-order chi connectivity index (χ1) is 10.1. The largest absolute Gasteiger partial charge is 0.462 e. The fourth-order valence-electron chi connectivity index (χ4n) is 2.12. The number of esters is 1. The first kappa shape index (κ1) is 16.0. The van der Waals surface area contributed by atoms with Crippen LogP contribution < -0.4 is 5.32 Å². The van der Waals surface area contributed by atoms with Gasteiger partial charge in [0.1, 0.15) is 6.10 Å². The van der Waals surface area contributed by atoms with Crippen molar-refractivity contribution in [1.29, 1.82) is 0 Å². The molecule has 1 amide bonds. The van der Waals surface area contributed by atoms with Crippen LogP contribution in [0.2, 0.25) is 0 Å². The Hall–Kier alpha value is -1.40. The van der Waals surface area contributed by atoms with E-state index in [0.29, 0.717) is 28.9 Å². The van der Waals surface area contributed by atoms with E-state index in [4.69, 9.17) is 9.47 Å². The molecule has 0 bridgehead atoms. The summed E-state index contributed by atoms with van der Waals surface area (Å²) in [7, 11) is 0. The van der Waals surface area contributed by atoms with E-state index in [1.54, 1.807) is 25.1 Å². The first-order valence-electron chi connectivity index (χ1n) is 7.01. The molecule has 1 aliphatic heterocycles. The Morgan fingerprint density at radius 1 is 1.43 bits per heavy atom. The summed E-state index contributed by atoms with van der Waals surface area (Å²) in [6, 6.07) is 4.94. The van der Waals surface area contributed by atoms with E-state index in [-0.39, 0.29) is 11.9 Å². The first-order valence-corrected chi connectivity index (χ1v) is 7.80. The molecular weight excluding hydrogens is 338 g/mol. The molecule has 0 radical (unpaired) electrons. The van der Waals surface area contributed by atoms with Gasteiger partial charge >= 0.3 is 5.97 Å². The molecule has 1 saturated heterocycles. The Balaban J connectivity index is 2.03. The number of anilines is 1. The normalized spacial score (nSPS) is 18.1. The zero-order valence-electron chi connectivity index (χ0n) is 11.9. The third kappa shape index (κ3) is 4.28. The lowest BCUT2D eigenvalue weighted by atomic mass is 10.1. The monoisotopic (exact) mass is 355 g/mol. The van der Waals surface area contributed by atoms with Gasteiger partial charge in [-0.05, 0) is 60.3 Å². The van der Waals surface area contributed by atoms with E-state index in [9.17, 15) is 9.59 Å². The van der Waals surface area contributed by atoms with Crippen molar-refractivity contribution in [3.8, 4) is 0 Å². The highest BCUT2D eigenvalue weighted by Crippen LogP contribution is 2.25. The second-order valence-corrected chi connectivity index (χ2v) is 5.61. The highest BCUT2D eigenvalue weighted by atomic mass is 79.9. The summed E-state index contributed by atoms with van der Waals surface area (Å²) < 4.78 is 11.0. The lowest BCUT2D eigenvalue weighted by Crippen LogP contribution is -2.33. The second kappa shape index (κ2) is 7.56. The molecule has 1 aliphatic rings. The fraction of sp³-hybridized carbons (Fsp3) is 0.467. The minimum Gasteiger partial charge on any atom is -0.462 e. The van der Waals surface area contributed by atoms with Gasteiger partial charge in [0.25, 0.3) is 5.91 Å². The minimum absolute atomic E-state index is 0.153. The van der Waals surface area contributed by atoms with Crippen molar-refractivity contribution < 1.29 is 19.1 Å². The van der Waals surface area contributed by atoms with Gasteiger partial charge in [-0.2, -0.15) is 0 Å². The molecule has 114 valence electrons. The molecule has 0 aliphatic carbocycles. The summed E-state index contributed by atoms with van der Waals surface area (Å²) in [6.45, 7) is 2.71. The van der Waals surface area contributed by atoms with Crippen LogP contribution in [0.5, 0.6) is 0 Å². The van der Waals surface area contributed by atoms with Crippen molar-refractivity contribution >= 4 is 33.5 Å². The van der Waals surface area contributed by atoms with Gasteiger partial charge in [0, 0.05) is 11.1 Å². The average molecular weight is 356 g/mol. The standard InChI is InChI=1S/C15H18BrNO4/c1-2-20-15(19)10-6-7-12(11(16)9-10)17-14(18)13-5-3-4-8-21-13/h6-7,9,13H,2-5,8H2,1H3,(H,17,18). The number of hydrogen-bond donors (Lipinski definition) is 1. The molecule has 5 nitrogen and oxygen atoms in total. The van der Waals surface area contributed by atoms with Crippen LogP contribution in [-0.2, 0) is 14.3 Å². The van der Waals surface area contributed by atoms with Crippen LogP contribution in [0.3, 0.4) is 0 Å². The zero-order chi connectivity index (χ0) is 15.2. The maximum atomic E-state index is 12.1. The number of hydrogen-bond acceptors (Lipinski definition) is 4. The Labute approximate surface area is 132 Å². The molecule has 6 heteroatoms. The summed E-state index contributed by atoms with van der Waals surface area (Å²) in [6.07, 6.45) is 2.35. The van der Waals surface area contributed by atoms with Crippen molar-refractivity contribution in [2.45, 2.75) is 32.3 Å². The number of carbonyl (C=O) groups is 2.